The second kappa shape index (κ2) is 5.77. The number of carbonyl (C=O) groups is 1. The number of urea groups is 1. The molecule has 1 aliphatic rings. The highest BCUT2D eigenvalue weighted by Crippen LogP contribution is 1.91. The molecule has 0 bridgehead atoms. The molecule has 1 aliphatic heterocycles. The van der Waals surface area contributed by atoms with Gasteiger partial charge in [0.2, 0.25) is 0 Å². The summed E-state index contributed by atoms with van der Waals surface area (Å²) in [5.41, 5.74) is 2.76. The fourth-order valence-corrected chi connectivity index (χ4v) is 1.10. The molecule has 13 heavy (non-hydrogen) atoms. The lowest BCUT2D eigenvalue weighted by molar-refractivity contribution is 0.0195. The number of nitrogens with one attached hydrogen (secondary N) is 2. The predicted octanol–water partition coefficient (Wildman–Crippen LogP) is -0.0572. The largest absolute Gasteiger partial charge is 0.379 e. The van der Waals surface area contributed by atoms with E-state index in [9.17, 15) is 4.79 Å². The van der Waals surface area contributed by atoms with Crippen molar-refractivity contribution in [3.05, 3.63) is 0 Å². The highest BCUT2D eigenvalue weighted by molar-refractivity contribution is 5.73. The molecule has 1 heterocycles. The Morgan fingerprint density at radius 2 is 2.15 bits per heavy atom. The van der Waals surface area contributed by atoms with Crippen LogP contribution in [-0.2, 0) is 4.74 Å². The van der Waals surface area contributed by atoms with Crippen LogP contribution >= 0.6 is 0 Å². The van der Waals surface area contributed by atoms with Gasteiger partial charge in [-0.3, -0.25) is 5.43 Å². The van der Waals surface area contributed by atoms with Crippen LogP contribution in [0.15, 0.2) is 0 Å². The summed E-state index contributed by atoms with van der Waals surface area (Å²) in [6.45, 7) is 5.65. The molecule has 76 valence electrons. The van der Waals surface area contributed by atoms with E-state index in [2.05, 4.69) is 10.7 Å². The number of ether oxygens (including phenoxy) is 1. The van der Waals surface area contributed by atoms with E-state index < -0.39 is 0 Å². The Kier molecular flexibility index (Phi) is 4.56. The van der Waals surface area contributed by atoms with E-state index in [1.165, 1.54) is 0 Å². The molecule has 0 unspecified atom stereocenters. The number of nitrogens with zero attached hydrogens (tertiary/aromatic N) is 1. The molecule has 0 aromatic rings. The van der Waals surface area contributed by atoms with E-state index in [0.717, 1.165) is 26.1 Å². The van der Waals surface area contributed by atoms with Gasteiger partial charge in [-0.15, -0.1) is 0 Å². The minimum atomic E-state index is -0.122. The third-order valence-corrected chi connectivity index (χ3v) is 1.81. The summed E-state index contributed by atoms with van der Waals surface area (Å²) in [5.74, 6) is 0. The first-order valence-electron chi connectivity index (χ1n) is 4.70. The zero-order chi connectivity index (χ0) is 9.52. The molecule has 0 atom stereocenters. The maximum absolute atomic E-state index is 11.2. The Balaban J connectivity index is 2.11. The average molecular weight is 187 g/mol. The van der Waals surface area contributed by atoms with Crippen molar-refractivity contribution in [2.24, 2.45) is 0 Å². The normalized spacial score (nSPS) is 18.2. The molecule has 2 amide bonds. The number of hydrogen-bond acceptors (Lipinski definition) is 3. The minimum Gasteiger partial charge on any atom is -0.379 e. The van der Waals surface area contributed by atoms with Crippen molar-refractivity contribution in [2.75, 3.05) is 32.8 Å². The summed E-state index contributed by atoms with van der Waals surface area (Å²) in [6, 6.07) is -0.122. The molecule has 5 nitrogen and oxygen atoms in total. The van der Waals surface area contributed by atoms with Gasteiger partial charge in [0.1, 0.15) is 0 Å². The average Bonchev–Trinajstić information content (AvgIpc) is 2.16. The fourth-order valence-electron chi connectivity index (χ4n) is 1.10. The SMILES string of the molecule is CCCNC(=O)NN1CCOCC1. The molecule has 0 saturated carbocycles. The minimum absolute atomic E-state index is 0.122. The standard InChI is InChI=1S/C8H17N3O2/c1-2-3-9-8(12)10-11-4-6-13-7-5-11/h2-7H2,1H3,(H2,9,10,12). The van der Waals surface area contributed by atoms with Crippen LogP contribution < -0.4 is 10.7 Å². The first kappa shape index (κ1) is 10.3. The topological polar surface area (TPSA) is 53.6 Å². The maximum atomic E-state index is 11.2. The number of carbonyl (C=O) groups excluding carboxylic acids is 1. The highest BCUT2D eigenvalue weighted by atomic mass is 16.5. The van der Waals surface area contributed by atoms with Gasteiger partial charge in [-0.1, -0.05) is 6.92 Å². The van der Waals surface area contributed by atoms with E-state index in [4.69, 9.17) is 4.74 Å². The Labute approximate surface area is 78.4 Å². The van der Waals surface area contributed by atoms with Gasteiger partial charge in [0, 0.05) is 19.6 Å². The quantitative estimate of drug-likeness (QED) is 0.651. The molecule has 1 rings (SSSR count). The first-order valence-corrected chi connectivity index (χ1v) is 4.70. The highest BCUT2D eigenvalue weighted by Gasteiger charge is 2.11. The van der Waals surface area contributed by atoms with Gasteiger partial charge in [0.25, 0.3) is 0 Å². The molecule has 2 N–H and O–H groups in total. The van der Waals surface area contributed by atoms with Crippen LogP contribution in [-0.4, -0.2) is 43.9 Å². The Morgan fingerprint density at radius 1 is 1.46 bits per heavy atom. The summed E-state index contributed by atoms with van der Waals surface area (Å²) < 4.78 is 5.15. The van der Waals surface area contributed by atoms with Gasteiger partial charge in [0.05, 0.1) is 13.2 Å². The summed E-state index contributed by atoms with van der Waals surface area (Å²) in [6.07, 6.45) is 0.955. The molecule has 1 saturated heterocycles. The van der Waals surface area contributed by atoms with Crippen molar-refractivity contribution in [3.8, 4) is 0 Å². The second-order valence-electron chi connectivity index (χ2n) is 2.97. The molecule has 1 fully saturated rings. The first-order chi connectivity index (χ1) is 6.33. The zero-order valence-electron chi connectivity index (χ0n) is 8.01. The van der Waals surface area contributed by atoms with E-state index >= 15 is 0 Å². The maximum Gasteiger partial charge on any atom is 0.329 e. The van der Waals surface area contributed by atoms with Gasteiger partial charge in [-0.05, 0) is 6.42 Å². The molecule has 0 aliphatic carbocycles. The smallest absolute Gasteiger partial charge is 0.329 e. The van der Waals surface area contributed by atoms with Gasteiger partial charge in [0.15, 0.2) is 0 Å². The lowest BCUT2D eigenvalue weighted by Gasteiger charge is -2.26. The van der Waals surface area contributed by atoms with Crippen molar-refractivity contribution in [3.63, 3.8) is 0 Å². The third-order valence-electron chi connectivity index (χ3n) is 1.81. The summed E-state index contributed by atoms with van der Waals surface area (Å²) >= 11 is 0. The third kappa shape index (κ3) is 4.10. The summed E-state index contributed by atoms with van der Waals surface area (Å²) in [5, 5.41) is 4.62. The molecule has 0 spiro atoms. The predicted molar refractivity (Wildman–Crippen MR) is 49.2 cm³/mol. The van der Waals surface area contributed by atoms with Crippen molar-refractivity contribution in [1.82, 2.24) is 15.8 Å². The Hall–Kier alpha value is -0.810. The lowest BCUT2D eigenvalue weighted by Crippen LogP contribution is -2.51. The van der Waals surface area contributed by atoms with E-state index in [0.29, 0.717) is 13.2 Å². The monoisotopic (exact) mass is 187 g/mol. The van der Waals surface area contributed by atoms with Crippen LogP contribution in [0.4, 0.5) is 4.79 Å². The fraction of sp³-hybridized carbons (Fsp3) is 0.875. The van der Waals surface area contributed by atoms with Crippen LogP contribution in [0, 0.1) is 0 Å². The molecule has 5 heteroatoms. The van der Waals surface area contributed by atoms with Crippen molar-refractivity contribution >= 4 is 6.03 Å². The van der Waals surface area contributed by atoms with Gasteiger partial charge in [-0.2, -0.15) is 0 Å². The Morgan fingerprint density at radius 3 is 2.77 bits per heavy atom. The summed E-state index contributed by atoms with van der Waals surface area (Å²) in [7, 11) is 0. The van der Waals surface area contributed by atoms with Crippen molar-refractivity contribution in [1.29, 1.82) is 0 Å². The molecule has 0 radical (unpaired) electrons. The molecule has 0 aromatic carbocycles. The summed E-state index contributed by atoms with van der Waals surface area (Å²) in [4.78, 5) is 11.2. The lowest BCUT2D eigenvalue weighted by atomic mass is 10.5. The van der Waals surface area contributed by atoms with Crippen LogP contribution in [0.5, 0.6) is 0 Å². The number of morpholine rings is 1. The number of amides is 2. The van der Waals surface area contributed by atoms with E-state index in [1.54, 1.807) is 0 Å². The number of hydrogen-bond donors (Lipinski definition) is 2. The van der Waals surface area contributed by atoms with Crippen LogP contribution in [0.25, 0.3) is 0 Å². The van der Waals surface area contributed by atoms with Crippen molar-refractivity contribution < 1.29 is 9.53 Å². The number of rotatable bonds is 3. The van der Waals surface area contributed by atoms with Crippen LogP contribution in [0.1, 0.15) is 13.3 Å². The van der Waals surface area contributed by atoms with Crippen molar-refractivity contribution in [2.45, 2.75) is 13.3 Å². The van der Waals surface area contributed by atoms with Crippen LogP contribution in [0.3, 0.4) is 0 Å². The number of hydrazine groups is 1. The molecular formula is C8H17N3O2. The molecular weight excluding hydrogens is 170 g/mol. The Bertz CT molecular complexity index is 157. The van der Waals surface area contributed by atoms with E-state index in [1.807, 2.05) is 11.9 Å². The van der Waals surface area contributed by atoms with Crippen LogP contribution in [0.2, 0.25) is 0 Å². The zero-order valence-corrected chi connectivity index (χ0v) is 8.01. The molecule has 0 aromatic heterocycles. The van der Waals surface area contributed by atoms with E-state index in [-0.39, 0.29) is 6.03 Å². The van der Waals surface area contributed by atoms with Gasteiger partial charge >= 0.3 is 6.03 Å². The van der Waals surface area contributed by atoms with Gasteiger partial charge in [-0.25, -0.2) is 9.80 Å². The van der Waals surface area contributed by atoms with Gasteiger partial charge < -0.3 is 10.1 Å². The second-order valence-corrected chi connectivity index (χ2v) is 2.97.